The van der Waals surface area contributed by atoms with Gasteiger partial charge in [-0.15, -0.1) is 0 Å². The maximum atomic E-state index is 13.3. The van der Waals surface area contributed by atoms with E-state index in [9.17, 15) is 18.1 Å². The van der Waals surface area contributed by atoms with Gasteiger partial charge in [-0.2, -0.15) is 4.31 Å². The Labute approximate surface area is 207 Å². The molecule has 0 spiro atoms. The molecule has 0 amide bonds. The molecule has 10 nitrogen and oxygen atoms in total. The first-order chi connectivity index (χ1) is 16.4. The molecule has 0 radical (unpaired) electrons. The molecule has 2 aromatic carbocycles. The smallest absolute Gasteiger partial charge is 0.329 e. The SMILES string of the molecule is CN[C@@H](CNc1ccc(CP(=O)(O)O)cc1)[C@H](O)CN(CC(C)C)S(=O)(=O)c1ccc(OC)cc1. The van der Waals surface area contributed by atoms with Gasteiger partial charge in [0.15, 0.2) is 0 Å². The molecule has 0 bridgehead atoms. The molecule has 5 N–H and O–H groups in total. The number of hydrogen-bond donors (Lipinski definition) is 5. The first-order valence-electron chi connectivity index (χ1n) is 11.2. The van der Waals surface area contributed by atoms with Gasteiger partial charge in [-0.1, -0.05) is 26.0 Å². The zero-order chi connectivity index (χ0) is 26.2. The number of aliphatic hydroxyl groups excluding tert-OH is 1. The molecule has 2 rings (SSSR count). The molecule has 196 valence electrons. The van der Waals surface area contributed by atoms with Crippen molar-refractivity contribution in [2.75, 3.05) is 39.1 Å². The van der Waals surface area contributed by atoms with Crippen LogP contribution in [0, 0.1) is 5.92 Å². The van der Waals surface area contributed by atoms with E-state index in [1.165, 1.54) is 23.5 Å². The first-order valence-corrected chi connectivity index (χ1v) is 14.5. The number of ether oxygens (including phenoxy) is 1. The normalized spacial score (nSPS) is 14.2. The average Bonchev–Trinajstić information content (AvgIpc) is 2.79. The second-order valence-corrected chi connectivity index (χ2v) is 12.3. The van der Waals surface area contributed by atoms with E-state index in [0.29, 0.717) is 23.5 Å². The van der Waals surface area contributed by atoms with Crippen molar-refractivity contribution < 1.29 is 32.6 Å². The lowest BCUT2D eigenvalue weighted by Crippen LogP contribution is -2.50. The number of aliphatic hydroxyl groups is 1. The van der Waals surface area contributed by atoms with Crippen LogP contribution in [0.3, 0.4) is 0 Å². The monoisotopic (exact) mass is 529 g/mol. The van der Waals surface area contributed by atoms with Crippen LogP contribution in [0.4, 0.5) is 5.69 Å². The van der Waals surface area contributed by atoms with Crippen LogP contribution >= 0.6 is 7.60 Å². The highest BCUT2D eigenvalue weighted by Gasteiger charge is 2.30. The number of methoxy groups -OCH3 is 1. The molecule has 0 saturated carbocycles. The molecule has 2 atom stereocenters. The molecule has 0 unspecified atom stereocenters. The van der Waals surface area contributed by atoms with Crippen LogP contribution in [0.5, 0.6) is 5.75 Å². The third-order valence-electron chi connectivity index (χ3n) is 5.36. The molecule has 0 aromatic heterocycles. The third kappa shape index (κ3) is 9.20. The Bertz CT molecular complexity index is 1070. The van der Waals surface area contributed by atoms with Crippen LogP contribution in [0.1, 0.15) is 19.4 Å². The van der Waals surface area contributed by atoms with E-state index in [1.54, 1.807) is 43.4 Å². The Balaban J connectivity index is 2.09. The van der Waals surface area contributed by atoms with Crippen molar-refractivity contribution in [2.24, 2.45) is 5.92 Å². The molecule has 35 heavy (non-hydrogen) atoms. The van der Waals surface area contributed by atoms with Crippen LogP contribution in [-0.4, -0.2) is 73.6 Å². The van der Waals surface area contributed by atoms with E-state index in [1.807, 2.05) is 13.8 Å². The van der Waals surface area contributed by atoms with Crippen LogP contribution in [0.15, 0.2) is 53.4 Å². The van der Waals surface area contributed by atoms with Gasteiger partial charge in [0.2, 0.25) is 10.0 Å². The summed E-state index contributed by atoms with van der Waals surface area (Å²) in [6.45, 7) is 4.27. The fraction of sp³-hybridized carbons (Fsp3) is 0.478. The topological polar surface area (TPSA) is 148 Å². The second-order valence-electron chi connectivity index (χ2n) is 8.75. The summed E-state index contributed by atoms with van der Waals surface area (Å²) in [6.07, 6.45) is -1.34. The number of rotatable bonds is 14. The zero-order valence-corrected chi connectivity index (χ0v) is 22.2. The Morgan fingerprint density at radius 3 is 2.11 bits per heavy atom. The predicted molar refractivity (Wildman–Crippen MR) is 136 cm³/mol. The number of hydrogen-bond acceptors (Lipinski definition) is 7. The van der Waals surface area contributed by atoms with Gasteiger partial charge in [-0.05, 0) is 54.9 Å². The van der Waals surface area contributed by atoms with E-state index < -0.39 is 29.8 Å². The predicted octanol–water partition coefficient (Wildman–Crippen LogP) is 2.08. The van der Waals surface area contributed by atoms with Crippen molar-refractivity contribution in [1.82, 2.24) is 9.62 Å². The fourth-order valence-electron chi connectivity index (χ4n) is 3.53. The summed E-state index contributed by atoms with van der Waals surface area (Å²) in [5, 5.41) is 17.1. The number of nitrogens with zero attached hydrogens (tertiary/aromatic N) is 1. The van der Waals surface area contributed by atoms with E-state index in [0.717, 1.165) is 0 Å². The largest absolute Gasteiger partial charge is 0.497 e. The van der Waals surface area contributed by atoms with E-state index in [-0.39, 0.29) is 30.1 Å². The minimum absolute atomic E-state index is 0.0491. The van der Waals surface area contributed by atoms with Crippen molar-refractivity contribution in [3.05, 3.63) is 54.1 Å². The fourth-order valence-corrected chi connectivity index (χ4v) is 5.84. The quantitative estimate of drug-likeness (QED) is 0.232. The lowest BCUT2D eigenvalue weighted by molar-refractivity contribution is 0.109. The lowest BCUT2D eigenvalue weighted by Gasteiger charge is -2.30. The summed E-state index contributed by atoms with van der Waals surface area (Å²) >= 11 is 0. The molecule has 0 aliphatic carbocycles. The molecule has 0 aliphatic heterocycles. The number of benzene rings is 2. The molecule has 0 aliphatic rings. The number of sulfonamides is 1. The molecular formula is C23H36N3O7PS. The summed E-state index contributed by atoms with van der Waals surface area (Å²) in [5.74, 6) is 0.600. The third-order valence-corrected chi connectivity index (χ3v) is 7.98. The molecule has 0 saturated heterocycles. The Morgan fingerprint density at radius 1 is 1.03 bits per heavy atom. The van der Waals surface area contributed by atoms with E-state index in [4.69, 9.17) is 14.5 Å². The van der Waals surface area contributed by atoms with Gasteiger partial charge in [0.05, 0.1) is 30.3 Å². The molecular weight excluding hydrogens is 493 g/mol. The summed E-state index contributed by atoms with van der Waals surface area (Å²) < 4.78 is 44.2. The van der Waals surface area contributed by atoms with Crippen molar-refractivity contribution in [3.63, 3.8) is 0 Å². The van der Waals surface area contributed by atoms with Crippen LogP contribution < -0.4 is 15.4 Å². The van der Waals surface area contributed by atoms with Gasteiger partial charge >= 0.3 is 7.60 Å². The Kier molecular flexibility index (Phi) is 10.7. The van der Waals surface area contributed by atoms with Crippen molar-refractivity contribution in [1.29, 1.82) is 0 Å². The van der Waals surface area contributed by atoms with Crippen molar-refractivity contribution >= 4 is 23.3 Å². The van der Waals surface area contributed by atoms with Crippen LogP contribution in [0.2, 0.25) is 0 Å². The van der Waals surface area contributed by atoms with Crippen molar-refractivity contribution in [2.45, 2.75) is 37.1 Å². The summed E-state index contributed by atoms with van der Waals surface area (Å²) in [5.41, 5.74) is 1.22. The summed E-state index contributed by atoms with van der Waals surface area (Å²) in [6, 6.07) is 12.3. The zero-order valence-electron chi connectivity index (χ0n) is 20.5. The maximum absolute atomic E-state index is 13.3. The Morgan fingerprint density at radius 2 is 1.63 bits per heavy atom. The lowest BCUT2D eigenvalue weighted by atomic mass is 10.1. The highest BCUT2D eigenvalue weighted by Crippen LogP contribution is 2.39. The summed E-state index contributed by atoms with van der Waals surface area (Å²) in [7, 11) is -4.79. The van der Waals surface area contributed by atoms with Crippen molar-refractivity contribution in [3.8, 4) is 5.75 Å². The maximum Gasteiger partial charge on any atom is 0.329 e. The van der Waals surface area contributed by atoms with Gasteiger partial charge in [0, 0.05) is 25.3 Å². The van der Waals surface area contributed by atoms with Crippen LogP contribution in [0.25, 0.3) is 0 Å². The highest BCUT2D eigenvalue weighted by atomic mass is 32.2. The van der Waals surface area contributed by atoms with Gasteiger partial charge in [0.1, 0.15) is 5.75 Å². The Hall–Kier alpha value is -1.98. The molecule has 2 aromatic rings. The van der Waals surface area contributed by atoms with E-state index >= 15 is 0 Å². The highest BCUT2D eigenvalue weighted by molar-refractivity contribution is 7.89. The molecule has 0 fully saturated rings. The average molecular weight is 530 g/mol. The number of anilines is 1. The van der Waals surface area contributed by atoms with Gasteiger partial charge < -0.3 is 30.3 Å². The second kappa shape index (κ2) is 12.8. The minimum Gasteiger partial charge on any atom is -0.497 e. The first kappa shape index (κ1) is 29.3. The van der Waals surface area contributed by atoms with Gasteiger partial charge in [-0.3, -0.25) is 4.57 Å². The summed E-state index contributed by atoms with van der Waals surface area (Å²) in [4.78, 5) is 18.3. The minimum atomic E-state index is -4.14. The number of nitrogens with one attached hydrogen (secondary N) is 2. The van der Waals surface area contributed by atoms with Gasteiger partial charge in [0.25, 0.3) is 0 Å². The van der Waals surface area contributed by atoms with E-state index in [2.05, 4.69) is 10.6 Å². The molecule has 0 heterocycles. The number of likely N-dealkylation sites (N-methyl/N-ethyl adjacent to an activating group) is 1. The van der Waals surface area contributed by atoms with Crippen LogP contribution in [-0.2, 0) is 20.8 Å². The standard InChI is InChI=1S/C23H36N3O7PS/c1-17(2)14-26(35(31,32)21-11-9-20(33-4)10-12-21)15-23(27)22(24-3)13-25-19-7-5-18(6-8-19)16-34(28,29)30/h5-12,17,22-25,27H,13-16H2,1-4H3,(H2,28,29,30)/t22-,23+/m0/s1. The van der Waals surface area contributed by atoms with Gasteiger partial charge in [-0.25, -0.2) is 8.42 Å². The molecule has 12 heteroatoms.